The predicted octanol–water partition coefficient (Wildman–Crippen LogP) is 2.75. The molecule has 2 saturated heterocycles. The van der Waals surface area contributed by atoms with Gasteiger partial charge in [-0.05, 0) is 44.9 Å². The number of hydrogen-bond donors (Lipinski definition) is 2. The van der Waals surface area contributed by atoms with Crippen LogP contribution in [0.4, 0.5) is 17.6 Å². The summed E-state index contributed by atoms with van der Waals surface area (Å²) in [7, 11) is 0. The van der Waals surface area contributed by atoms with Crippen molar-refractivity contribution in [3.05, 3.63) is 23.0 Å². The number of nitrogens with zero attached hydrogens (tertiary/aromatic N) is 6. The number of H-pyrrole nitrogens is 1. The van der Waals surface area contributed by atoms with Crippen molar-refractivity contribution < 1.29 is 9.59 Å². The van der Waals surface area contributed by atoms with E-state index in [-0.39, 0.29) is 17.9 Å². The molecule has 0 aromatic carbocycles. The fourth-order valence-corrected chi connectivity index (χ4v) is 6.33. The Labute approximate surface area is 211 Å². The summed E-state index contributed by atoms with van der Waals surface area (Å²) in [6, 6.07) is 1.88. The minimum absolute atomic E-state index is 0.0726. The zero-order valence-corrected chi connectivity index (χ0v) is 21.1. The highest BCUT2D eigenvalue weighted by Gasteiger charge is 2.37. The van der Waals surface area contributed by atoms with Crippen molar-refractivity contribution in [1.82, 2.24) is 30.0 Å². The maximum absolute atomic E-state index is 13.5. The molecule has 6 rings (SSSR count). The number of aryl methyl sites for hydroxylation is 1. The van der Waals surface area contributed by atoms with E-state index in [1.807, 2.05) is 9.80 Å². The maximum atomic E-state index is 13.5. The molecule has 10 heteroatoms. The van der Waals surface area contributed by atoms with Gasteiger partial charge in [0.2, 0.25) is 17.8 Å². The van der Waals surface area contributed by atoms with E-state index < -0.39 is 0 Å². The van der Waals surface area contributed by atoms with Crippen molar-refractivity contribution >= 4 is 29.4 Å². The van der Waals surface area contributed by atoms with Crippen molar-refractivity contribution in [2.45, 2.75) is 76.7 Å². The SMILES string of the molecule is CC(=O)N1CCN(C(=O)C2CCCN2c2nc3c(c(Nc4cc(C5CCCC5)[nH]n4)n2)CCC3)CC1. The second-order valence-corrected chi connectivity index (χ2v) is 10.6. The summed E-state index contributed by atoms with van der Waals surface area (Å²) in [5.41, 5.74) is 3.46. The molecule has 2 aliphatic heterocycles. The van der Waals surface area contributed by atoms with Crippen LogP contribution in [-0.2, 0) is 22.4 Å². The van der Waals surface area contributed by atoms with E-state index in [2.05, 4.69) is 26.5 Å². The van der Waals surface area contributed by atoms with Gasteiger partial charge < -0.3 is 20.0 Å². The fourth-order valence-electron chi connectivity index (χ4n) is 6.33. The summed E-state index contributed by atoms with van der Waals surface area (Å²) >= 11 is 0. The van der Waals surface area contributed by atoms with Gasteiger partial charge in [0.1, 0.15) is 11.9 Å². The van der Waals surface area contributed by atoms with Gasteiger partial charge in [-0.25, -0.2) is 4.98 Å². The standard InChI is InChI=1S/C26H36N8O2/c1-17(35)32-12-14-33(15-13-32)25(36)22-10-5-11-34(22)26-27-20-9-4-8-19(20)24(29-26)28-23-16-21(30-31-23)18-6-2-3-7-18/h16,18,22H,2-15H2,1H3,(H2,27,28,29,30,31). The molecule has 4 heterocycles. The van der Waals surface area contributed by atoms with Crippen LogP contribution in [0.25, 0.3) is 0 Å². The van der Waals surface area contributed by atoms with E-state index in [0.29, 0.717) is 38.0 Å². The molecule has 36 heavy (non-hydrogen) atoms. The summed E-state index contributed by atoms with van der Waals surface area (Å²) in [4.78, 5) is 40.9. The minimum Gasteiger partial charge on any atom is -0.339 e. The topological polar surface area (TPSA) is 110 Å². The second-order valence-electron chi connectivity index (χ2n) is 10.6. The lowest BCUT2D eigenvalue weighted by Gasteiger charge is -2.37. The quantitative estimate of drug-likeness (QED) is 0.660. The molecule has 2 aromatic rings. The molecule has 2 amide bonds. The Balaban J connectivity index is 1.21. The fraction of sp³-hybridized carbons (Fsp3) is 0.654. The van der Waals surface area contributed by atoms with Crippen molar-refractivity contribution in [2.24, 2.45) is 0 Å². The zero-order chi connectivity index (χ0) is 24.6. The van der Waals surface area contributed by atoms with E-state index in [0.717, 1.165) is 56.0 Å². The summed E-state index contributed by atoms with van der Waals surface area (Å²) in [6.07, 6.45) is 9.74. The van der Waals surface area contributed by atoms with Crippen LogP contribution < -0.4 is 10.2 Å². The molecule has 2 aliphatic carbocycles. The Hall–Kier alpha value is -3.17. The van der Waals surface area contributed by atoms with E-state index in [1.54, 1.807) is 6.92 Å². The molecule has 1 atom stereocenters. The van der Waals surface area contributed by atoms with Crippen molar-refractivity contribution in [3.63, 3.8) is 0 Å². The monoisotopic (exact) mass is 492 g/mol. The third-order valence-electron chi connectivity index (χ3n) is 8.39. The van der Waals surface area contributed by atoms with Gasteiger partial charge >= 0.3 is 0 Å². The maximum Gasteiger partial charge on any atom is 0.245 e. The van der Waals surface area contributed by atoms with Crippen molar-refractivity contribution in [1.29, 1.82) is 0 Å². The molecule has 2 N–H and O–H groups in total. The first-order valence-corrected chi connectivity index (χ1v) is 13.6. The average molecular weight is 493 g/mol. The molecule has 1 saturated carbocycles. The van der Waals surface area contributed by atoms with Crippen molar-refractivity contribution in [2.75, 3.05) is 42.9 Å². The van der Waals surface area contributed by atoms with Crippen LogP contribution in [0.5, 0.6) is 0 Å². The Bertz CT molecular complexity index is 1130. The lowest BCUT2D eigenvalue weighted by Crippen LogP contribution is -2.54. The lowest BCUT2D eigenvalue weighted by molar-refractivity contribution is -0.139. The number of piperazine rings is 1. The first-order chi connectivity index (χ1) is 17.6. The third-order valence-corrected chi connectivity index (χ3v) is 8.39. The number of carbonyl (C=O) groups is 2. The van der Waals surface area contributed by atoms with Crippen LogP contribution in [-0.4, -0.2) is 80.5 Å². The molecule has 4 aliphatic rings. The summed E-state index contributed by atoms with van der Waals surface area (Å²) in [6.45, 7) is 4.74. The smallest absolute Gasteiger partial charge is 0.245 e. The first-order valence-electron chi connectivity index (χ1n) is 13.6. The number of aromatic amines is 1. The Kier molecular flexibility index (Phi) is 6.27. The molecule has 0 spiro atoms. The summed E-state index contributed by atoms with van der Waals surface area (Å²) < 4.78 is 0. The minimum atomic E-state index is -0.250. The van der Waals surface area contributed by atoms with Gasteiger partial charge in [0.25, 0.3) is 0 Å². The number of carbonyl (C=O) groups excluding carboxylic acids is 2. The molecule has 1 unspecified atom stereocenters. The van der Waals surface area contributed by atoms with Gasteiger partial charge in [-0.2, -0.15) is 10.1 Å². The highest BCUT2D eigenvalue weighted by Crippen LogP contribution is 2.36. The molecule has 3 fully saturated rings. The molecule has 2 aromatic heterocycles. The Morgan fingerprint density at radius 2 is 1.72 bits per heavy atom. The first kappa shape index (κ1) is 23.2. The van der Waals surface area contributed by atoms with Crippen LogP contribution in [0.1, 0.15) is 74.7 Å². The van der Waals surface area contributed by atoms with Crippen LogP contribution >= 0.6 is 0 Å². The number of anilines is 3. The van der Waals surface area contributed by atoms with Gasteiger partial charge in [0, 0.05) is 62.9 Å². The van der Waals surface area contributed by atoms with Crippen LogP contribution in [0.15, 0.2) is 6.07 Å². The number of aromatic nitrogens is 4. The number of amides is 2. The third kappa shape index (κ3) is 4.41. The normalized spacial score (nSPS) is 22.4. The van der Waals surface area contributed by atoms with Crippen LogP contribution in [0.2, 0.25) is 0 Å². The second kappa shape index (κ2) is 9.71. The predicted molar refractivity (Wildman–Crippen MR) is 136 cm³/mol. The van der Waals surface area contributed by atoms with E-state index >= 15 is 0 Å². The van der Waals surface area contributed by atoms with E-state index in [4.69, 9.17) is 9.97 Å². The van der Waals surface area contributed by atoms with Gasteiger partial charge in [-0.3, -0.25) is 14.7 Å². The highest BCUT2D eigenvalue weighted by atomic mass is 16.2. The summed E-state index contributed by atoms with van der Waals surface area (Å²) in [5, 5.41) is 11.2. The molecule has 0 bridgehead atoms. The van der Waals surface area contributed by atoms with Gasteiger partial charge in [-0.1, -0.05) is 12.8 Å². The largest absolute Gasteiger partial charge is 0.339 e. The lowest BCUT2D eigenvalue weighted by atomic mass is 10.0. The number of rotatable bonds is 5. The highest BCUT2D eigenvalue weighted by molar-refractivity contribution is 5.86. The zero-order valence-electron chi connectivity index (χ0n) is 21.1. The van der Waals surface area contributed by atoms with Crippen LogP contribution in [0.3, 0.4) is 0 Å². The Morgan fingerprint density at radius 1 is 0.944 bits per heavy atom. The molecule has 0 radical (unpaired) electrons. The van der Waals surface area contributed by atoms with E-state index in [1.165, 1.54) is 36.9 Å². The molecular weight excluding hydrogens is 456 g/mol. The van der Waals surface area contributed by atoms with E-state index in [9.17, 15) is 9.59 Å². The molecule has 192 valence electrons. The Morgan fingerprint density at radius 3 is 2.50 bits per heavy atom. The van der Waals surface area contributed by atoms with Gasteiger partial charge in [0.05, 0.1) is 5.69 Å². The van der Waals surface area contributed by atoms with Gasteiger partial charge in [0.15, 0.2) is 5.82 Å². The summed E-state index contributed by atoms with van der Waals surface area (Å²) in [5.74, 6) is 3.04. The number of hydrogen-bond acceptors (Lipinski definition) is 7. The molecular formula is C26H36N8O2. The number of fused-ring (bicyclic) bond motifs is 1. The van der Waals surface area contributed by atoms with Gasteiger partial charge in [-0.15, -0.1) is 0 Å². The number of nitrogens with one attached hydrogen (secondary N) is 2. The van der Waals surface area contributed by atoms with Crippen molar-refractivity contribution in [3.8, 4) is 0 Å². The molecule has 10 nitrogen and oxygen atoms in total. The van der Waals surface area contributed by atoms with Crippen LogP contribution in [0, 0.1) is 0 Å². The average Bonchev–Trinajstić information content (AvgIpc) is 3.69.